The van der Waals surface area contributed by atoms with Gasteiger partial charge in [0.1, 0.15) is 23.2 Å². The molecular formula is C18H14F3N3O3S. The maximum atomic E-state index is 13.5. The topological polar surface area (TPSA) is 77.2 Å². The summed E-state index contributed by atoms with van der Waals surface area (Å²) in [5, 5.41) is 10.0. The van der Waals surface area contributed by atoms with E-state index in [4.69, 9.17) is 9.15 Å². The summed E-state index contributed by atoms with van der Waals surface area (Å²) >= 11 is 0.931. The summed E-state index contributed by atoms with van der Waals surface area (Å²) in [4.78, 5) is 11.9. The van der Waals surface area contributed by atoms with Crippen LogP contribution in [0.15, 0.2) is 52.1 Å². The van der Waals surface area contributed by atoms with Crippen LogP contribution in [0, 0.1) is 17.5 Å². The van der Waals surface area contributed by atoms with Crippen molar-refractivity contribution in [3.8, 4) is 5.75 Å². The Morgan fingerprint density at radius 2 is 1.86 bits per heavy atom. The molecule has 0 fully saturated rings. The van der Waals surface area contributed by atoms with E-state index < -0.39 is 23.6 Å². The molecule has 0 bridgehead atoms. The maximum absolute atomic E-state index is 13.5. The number of hydrogen-bond donors (Lipinski definition) is 1. The lowest BCUT2D eigenvalue weighted by atomic mass is 10.3. The fourth-order valence-corrected chi connectivity index (χ4v) is 2.69. The van der Waals surface area contributed by atoms with Crippen LogP contribution in [0.1, 0.15) is 18.9 Å². The van der Waals surface area contributed by atoms with Gasteiger partial charge in [0.25, 0.3) is 11.1 Å². The third-order valence-corrected chi connectivity index (χ3v) is 4.24. The van der Waals surface area contributed by atoms with E-state index in [0.717, 1.165) is 30.0 Å². The molecule has 0 saturated carbocycles. The second kappa shape index (κ2) is 8.79. The van der Waals surface area contributed by atoms with Crippen molar-refractivity contribution in [2.24, 2.45) is 0 Å². The van der Waals surface area contributed by atoms with E-state index in [1.165, 1.54) is 24.3 Å². The molecule has 1 atom stereocenters. The molecule has 1 heterocycles. The van der Waals surface area contributed by atoms with Gasteiger partial charge in [-0.2, -0.15) is 0 Å². The van der Waals surface area contributed by atoms with Crippen molar-refractivity contribution < 1.29 is 27.1 Å². The summed E-state index contributed by atoms with van der Waals surface area (Å²) in [5.74, 6) is -1.91. The minimum atomic E-state index is -0.744. The highest BCUT2D eigenvalue weighted by atomic mass is 32.2. The average Bonchev–Trinajstić information content (AvgIpc) is 3.14. The van der Waals surface area contributed by atoms with Crippen LogP contribution in [0.25, 0.3) is 0 Å². The Morgan fingerprint density at radius 3 is 2.61 bits per heavy atom. The lowest BCUT2D eigenvalue weighted by molar-refractivity contribution is -0.113. The summed E-state index contributed by atoms with van der Waals surface area (Å²) in [6, 6.07) is 8.22. The van der Waals surface area contributed by atoms with E-state index >= 15 is 0 Å². The first-order valence-electron chi connectivity index (χ1n) is 8.04. The summed E-state index contributed by atoms with van der Waals surface area (Å²) in [6.45, 7) is 1.67. The van der Waals surface area contributed by atoms with Crippen LogP contribution in [-0.2, 0) is 4.79 Å². The predicted octanol–water partition coefficient (Wildman–Crippen LogP) is 4.36. The van der Waals surface area contributed by atoms with Gasteiger partial charge in [-0.3, -0.25) is 4.79 Å². The van der Waals surface area contributed by atoms with Gasteiger partial charge in [-0.1, -0.05) is 11.8 Å². The number of thioether (sulfide) groups is 1. The molecule has 1 aromatic heterocycles. The van der Waals surface area contributed by atoms with Crippen LogP contribution >= 0.6 is 11.8 Å². The Bertz CT molecular complexity index is 966. The van der Waals surface area contributed by atoms with Gasteiger partial charge in [0.15, 0.2) is 6.10 Å². The molecule has 1 amide bonds. The molecule has 0 radical (unpaired) electrons. The van der Waals surface area contributed by atoms with Crippen LogP contribution in [0.4, 0.5) is 18.9 Å². The third kappa shape index (κ3) is 5.26. The fourth-order valence-electron chi connectivity index (χ4n) is 2.12. The summed E-state index contributed by atoms with van der Waals surface area (Å²) < 4.78 is 50.5. The van der Waals surface area contributed by atoms with Gasteiger partial charge in [-0.15, -0.1) is 10.2 Å². The largest absolute Gasteiger partial charge is 0.481 e. The highest BCUT2D eigenvalue weighted by Gasteiger charge is 2.17. The standard InChI is InChI=1S/C18H14F3N3O3S/c1-10(26-13-5-2-11(19)3-6-13)17-23-24-18(27-17)28-9-16(25)22-15-8-12(20)4-7-14(15)21/h2-8,10H,9H2,1H3,(H,22,25)/t10-/m1/s1. The van der Waals surface area contributed by atoms with E-state index in [-0.39, 0.29) is 28.4 Å². The van der Waals surface area contributed by atoms with Crippen molar-refractivity contribution in [2.75, 3.05) is 11.1 Å². The molecule has 6 nitrogen and oxygen atoms in total. The molecule has 0 aliphatic rings. The smallest absolute Gasteiger partial charge is 0.277 e. The zero-order chi connectivity index (χ0) is 20.1. The maximum Gasteiger partial charge on any atom is 0.277 e. The van der Waals surface area contributed by atoms with Crippen LogP contribution in [0.5, 0.6) is 5.75 Å². The van der Waals surface area contributed by atoms with Crippen molar-refractivity contribution in [1.29, 1.82) is 0 Å². The third-order valence-electron chi connectivity index (χ3n) is 3.43. The fraction of sp³-hybridized carbons (Fsp3) is 0.167. The molecular weight excluding hydrogens is 395 g/mol. The van der Waals surface area contributed by atoms with Crippen molar-refractivity contribution in [3.63, 3.8) is 0 Å². The van der Waals surface area contributed by atoms with Crippen LogP contribution in [-0.4, -0.2) is 21.9 Å². The number of rotatable bonds is 7. The van der Waals surface area contributed by atoms with Crippen LogP contribution in [0.2, 0.25) is 0 Å². The number of carbonyl (C=O) groups excluding carboxylic acids is 1. The van der Waals surface area contributed by atoms with Crippen molar-refractivity contribution in [2.45, 2.75) is 18.3 Å². The highest BCUT2D eigenvalue weighted by Crippen LogP contribution is 2.24. The molecule has 146 valence electrons. The van der Waals surface area contributed by atoms with E-state index in [1.54, 1.807) is 6.92 Å². The Kier molecular flexibility index (Phi) is 6.19. The molecule has 28 heavy (non-hydrogen) atoms. The number of nitrogens with one attached hydrogen (secondary N) is 1. The molecule has 0 aliphatic heterocycles. The SMILES string of the molecule is C[C@@H](Oc1ccc(F)cc1)c1nnc(SCC(=O)Nc2cc(F)ccc2F)o1. The van der Waals surface area contributed by atoms with Crippen LogP contribution < -0.4 is 10.1 Å². The molecule has 0 saturated heterocycles. The number of aromatic nitrogens is 2. The Labute approximate surface area is 162 Å². The summed E-state index contributed by atoms with van der Waals surface area (Å²) in [7, 11) is 0. The molecule has 3 rings (SSSR count). The van der Waals surface area contributed by atoms with Gasteiger partial charge in [-0.25, -0.2) is 13.2 Å². The number of hydrogen-bond acceptors (Lipinski definition) is 6. The Hall–Kier alpha value is -3.01. The van der Waals surface area contributed by atoms with Gasteiger partial charge in [0.2, 0.25) is 5.91 Å². The molecule has 0 spiro atoms. The first-order valence-corrected chi connectivity index (χ1v) is 9.02. The molecule has 0 aliphatic carbocycles. The first kappa shape index (κ1) is 19.7. The zero-order valence-corrected chi connectivity index (χ0v) is 15.3. The van der Waals surface area contributed by atoms with Gasteiger partial charge in [-0.05, 0) is 43.3 Å². The van der Waals surface area contributed by atoms with Crippen molar-refractivity contribution in [3.05, 3.63) is 65.8 Å². The predicted molar refractivity (Wildman–Crippen MR) is 95.5 cm³/mol. The van der Waals surface area contributed by atoms with Gasteiger partial charge >= 0.3 is 0 Å². The minimum Gasteiger partial charge on any atom is -0.481 e. The first-order chi connectivity index (χ1) is 13.4. The van der Waals surface area contributed by atoms with Gasteiger partial charge in [0.05, 0.1) is 11.4 Å². The van der Waals surface area contributed by atoms with E-state index in [9.17, 15) is 18.0 Å². The number of amides is 1. The Morgan fingerprint density at radius 1 is 1.14 bits per heavy atom. The van der Waals surface area contributed by atoms with E-state index in [0.29, 0.717) is 5.75 Å². The Balaban J connectivity index is 1.53. The van der Waals surface area contributed by atoms with Crippen LogP contribution in [0.3, 0.4) is 0 Å². The lowest BCUT2D eigenvalue weighted by Crippen LogP contribution is -2.15. The normalized spacial score (nSPS) is 11.9. The number of benzene rings is 2. The zero-order valence-electron chi connectivity index (χ0n) is 14.5. The molecule has 3 aromatic rings. The van der Waals surface area contributed by atoms with Crippen molar-refractivity contribution in [1.82, 2.24) is 10.2 Å². The average molecular weight is 409 g/mol. The monoisotopic (exact) mass is 409 g/mol. The summed E-state index contributed by atoms with van der Waals surface area (Å²) in [6.07, 6.45) is -0.595. The lowest BCUT2D eigenvalue weighted by Gasteiger charge is -2.10. The molecule has 10 heteroatoms. The number of carbonyl (C=O) groups is 1. The molecule has 1 N–H and O–H groups in total. The van der Waals surface area contributed by atoms with E-state index in [1.807, 2.05) is 0 Å². The number of anilines is 1. The second-order valence-electron chi connectivity index (χ2n) is 5.58. The molecule has 2 aromatic carbocycles. The second-order valence-corrected chi connectivity index (χ2v) is 6.51. The number of nitrogens with zero attached hydrogens (tertiary/aromatic N) is 2. The number of halogens is 3. The quantitative estimate of drug-likeness (QED) is 0.585. The molecule has 0 unspecified atom stereocenters. The van der Waals surface area contributed by atoms with E-state index in [2.05, 4.69) is 15.5 Å². The van der Waals surface area contributed by atoms with Crippen molar-refractivity contribution >= 4 is 23.4 Å². The minimum absolute atomic E-state index is 0.111. The highest BCUT2D eigenvalue weighted by molar-refractivity contribution is 7.99. The number of ether oxygens (including phenoxy) is 1. The van der Waals surface area contributed by atoms with Gasteiger partial charge < -0.3 is 14.5 Å². The summed E-state index contributed by atoms with van der Waals surface area (Å²) in [5.41, 5.74) is -0.252. The van der Waals surface area contributed by atoms with Gasteiger partial charge in [0, 0.05) is 6.07 Å².